The molecule has 0 unspecified atom stereocenters. The van der Waals surface area contributed by atoms with E-state index in [2.05, 4.69) is 37.2 Å². The average Bonchev–Trinajstić information content (AvgIpc) is 2.83. The van der Waals surface area contributed by atoms with Gasteiger partial charge in [-0.05, 0) is 56.5 Å². The summed E-state index contributed by atoms with van der Waals surface area (Å²) in [6.45, 7) is 1.92. The molecule has 2 N–H and O–H groups in total. The maximum absolute atomic E-state index is 12.0. The van der Waals surface area contributed by atoms with E-state index in [9.17, 15) is 9.59 Å². The second kappa shape index (κ2) is 5.80. The number of halogens is 2. The SMILES string of the molecule is Cc1cc(Br)c(NC(=O)c2cc(C(=O)O)co2)c(Br)c1. The predicted octanol–water partition coefficient (Wildman–Crippen LogP) is 4.06. The van der Waals surface area contributed by atoms with Gasteiger partial charge >= 0.3 is 5.97 Å². The summed E-state index contributed by atoms with van der Waals surface area (Å²) in [6, 6.07) is 4.88. The number of hydrogen-bond acceptors (Lipinski definition) is 3. The number of rotatable bonds is 3. The first-order valence-electron chi connectivity index (χ1n) is 5.47. The normalized spacial score (nSPS) is 10.3. The highest BCUT2D eigenvalue weighted by molar-refractivity contribution is 9.11. The van der Waals surface area contributed by atoms with Gasteiger partial charge in [0.2, 0.25) is 0 Å². The lowest BCUT2D eigenvalue weighted by Gasteiger charge is -2.09. The number of nitrogens with one attached hydrogen (secondary N) is 1. The third-order valence-electron chi connectivity index (χ3n) is 2.50. The van der Waals surface area contributed by atoms with Crippen molar-refractivity contribution in [2.45, 2.75) is 6.92 Å². The summed E-state index contributed by atoms with van der Waals surface area (Å²) in [5.74, 6) is -1.74. The Hall–Kier alpha value is -1.60. The summed E-state index contributed by atoms with van der Waals surface area (Å²) in [5, 5.41) is 11.4. The molecule has 2 rings (SSSR count). The molecule has 20 heavy (non-hydrogen) atoms. The van der Waals surface area contributed by atoms with Crippen molar-refractivity contribution in [1.29, 1.82) is 0 Å². The van der Waals surface area contributed by atoms with Crippen molar-refractivity contribution in [3.63, 3.8) is 0 Å². The van der Waals surface area contributed by atoms with Crippen LogP contribution in [0.5, 0.6) is 0 Å². The second-order valence-corrected chi connectivity index (χ2v) is 5.77. The summed E-state index contributed by atoms with van der Waals surface area (Å²) in [6.07, 6.45) is 1.02. The molecule has 1 amide bonds. The third-order valence-corrected chi connectivity index (χ3v) is 3.75. The summed E-state index contributed by atoms with van der Waals surface area (Å²) >= 11 is 6.72. The van der Waals surface area contributed by atoms with Crippen LogP contribution in [0.25, 0.3) is 0 Å². The van der Waals surface area contributed by atoms with E-state index in [-0.39, 0.29) is 11.3 Å². The Bertz CT molecular complexity index is 670. The molecule has 1 aromatic heterocycles. The first-order valence-corrected chi connectivity index (χ1v) is 7.06. The van der Waals surface area contributed by atoms with E-state index in [4.69, 9.17) is 9.52 Å². The number of benzene rings is 1. The van der Waals surface area contributed by atoms with E-state index in [1.165, 1.54) is 6.07 Å². The van der Waals surface area contributed by atoms with Gasteiger partial charge < -0.3 is 14.8 Å². The molecule has 0 radical (unpaired) electrons. The van der Waals surface area contributed by atoms with Crippen LogP contribution in [0.2, 0.25) is 0 Å². The molecule has 0 bridgehead atoms. The first-order chi connectivity index (χ1) is 9.38. The molecule has 0 fully saturated rings. The van der Waals surface area contributed by atoms with E-state index in [1.807, 2.05) is 19.1 Å². The molecule has 104 valence electrons. The number of hydrogen-bond donors (Lipinski definition) is 2. The Balaban J connectivity index is 2.25. The molecule has 0 atom stereocenters. The summed E-state index contributed by atoms with van der Waals surface area (Å²) in [4.78, 5) is 22.7. The van der Waals surface area contributed by atoms with Crippen LogP contribution in [0.4, 0.5) is 5.69 Å². The molecule has 0 saturated carbocycles. The minimum Gasteiger partial charge on any atom is -0.478 e. The number of carboxylic acid groups (broad SMARTS) is 1. The second-order valence-electron chi connectivity index (χ2n) is 4.06. The van der Waals surface area contributed by atoms with E-state index in [0.29, 0.717) is 14.6 Å². The van der Waals surface area contributed by atoms with Crippen molar-refractivity contribution in [3.05, 3.63) is 50.3 Å². The third kappa shape index (κ3) is 3.10. The van der Waals surface area contributed by atoms with Gasteiger partial charge in [-0.2, -0.15) is 0 Å². The molecule has 0 aliphatic carbocycles. The zero-order valence-corrected chi connectivity index (χ0v) is 13.4. The van der Waals surface area contributed by atoms with Crippen LogP contribution in [0.1, 0.15) is 26.5 Å². The van der Waals surface area contributed by atoms with Gasteiger partial charge in [-0.1, -0.05) is 0 Å². The first kappa shape index (κ1) is 14.8. The zero-order chi connectivity index (χ0) is 14.9. The average molecular weight is 403 g/mol. The number of aryl methyl sites for hydroxylation is 1. The molecule has 1 heterocycles. The van der Waals surface area contributed by atoms with Crippen LogP contribution in [0.3, 0.4) is 0 Å². The van der Waals surface area contributed by atoms with Gasteiger partial charge in [0.1, 0.15) is 6.26 Å². The largest absolute Gasteiger partial charge is 0.478 e. The number of carboxylic acids is 1. The zero-order valence-electron chi connectivity index (χ0n) is 10.2. The Morgan fingerprint density at radius 3 is 2.30 bits per heavy atom. The molecule has 0 aliphatic heterocycles. The van der Waals surface area contributed by atoms with Gasteiger partial charge in [-0.25, -0.2) is 4.79 Å². The predicted molar refractivity (Wildman–Crippen MR) is 80.2 cm³/mol. The number of anilines is 1. The smallest absolute Gasteiger partial charge is 0.338 e. The fourth-order valence-electron chi connectivity index (χ4n) is 1.56. The van der Waals surface area contributed by atoms with Crippen LogP contribution < -0.4 is 5.32 Å². The number of aromatic carboxylic acids is 1. The fourth-order valence-corrected chi connectivity index (χ4v) is 3.18. The molecule has 0 aliphatic rings. The lowest BCUT2D eigenvalue weighted by molar-refractivity contribution is 0.0696. The van der Waals surface area contributed by atoms with Gasteiger partial charge in [-0.15, -0.1) is 0 Å². The molecule has 1 aromatic carbocycles. The fraction of sp³-hybridized carbons (Fsp3) is 0.0769. The van der Waals surface area contributed by atoms with E-state index < -0.39 is 11.9 Å². The van der Waals surface area contributed by atoms with Gasteiger partial charge in [0.25, 0.3) is 5.91 Å². The van der Waals surface area contributed by atoms with Crippen LogP contribution in [0, 0.1) is 6.92 Å². The van der Waals surface area contributed by atoms with Crippen LogP contribution >= 0.6 is 31.9 Å². The Labute approximate surface area is 131 Å². The van der Waals surface area contributed by atoms with E-state index in [0.717, 1.165) is 11.8 Å². The monoisotopic (exact) mass is 401 g/mol. The summed E-state index contributed by atoms with van der Waals surface area (Å²) in [5.41, 5.74) is 1.50. The van der Waals surface area contributed by atoms with Gasteiger partial charge in [0.15, 0.2) is 5.76 Å². The molecular weight excluding hydrogens is 394 g/mol. The molecule has 0 spiro atoms. The lowest BCUT2D eigenvalue weighted by Crippen LogP contribution is -2.12. The lowest BCUT2D eigenvalue weighted by atomic mass is 10.2. The standard InChI is InChI=1S/C13H9Br2NO4/c1-6-2-8(14)11(9(15)3-6)16-12(17)10-4-7(5-20-10)13(18)19/h2-5H,1H3,(H,16,17)(H,18,19). The topological polar surface area (TPSA) is 79.5 Å². The molecular formula is C13H9Br2NO4. The van der Waals surface area contributed by atoms with Gasteiger partial charge in [0.05, 0.1) is 11.3 Å². The summed E-state index contributed by atoms with van der Waals surface area (Å²) in [7, 11) is 0. The van der Waals surface area contributed by atoms with Gasteiger partial charge in [0, 0.05) is 15.0 Å². The van der Waals surface area contributed by atoms with Crippen molar-refractivity contribution in [1.82, 2.24) is 0 Å². The Morgan fingerprint density at radius 1 is 1.20 bits per heavy atom. The van der Waals surface area contributed by atoms with Crippen molar-refractivity contribution in [3.8, 4) is 0 Å². The molecule has 7 heteroatoms. The van der Waals surface area contributed by atoms with Crippen molar-refractivity contribution >= 4 is 49.4 Å². The number of furan rings is 1. The van der Waals surface area contributed by atoms with Crippen molar-refractivity contribution in [2.24, 2.45) is 0 Å². The Morgan fingerprint density at radius 2 is 1.80 bits per heavy atom. The summed E-state index contributed by atoms with van der Waals surface area (Å²) < 4.78 is 6.36. The highest BCUT2D eigenvalue weighted by Gasteiger charge is 2.17. The van der Waals surface area contributed by atoms with E-state index in [1.54, 1.807) is 0 Å². The Kier molecular flexibility index (Phi) is 4.29. The number of carbonyl (C=O) groups is 2. The van der Waals surface area contributed by atoms with Crippen molar-refractivity contribution < 1.29 is 19.1 Å². The minimum absolute atomic E-state index is 0.0678. The minimum atomic E-state index is -1.15. The molecule has 2 aromatic rings. The number of amides is 1. The van der Waals surface area contributed by atoms with E-state index >= 15 is 0 Å². The molecule has 0 saturated heterocycles. The maximum atomic E-state index is 12.0. The maximum Gasteiger partial charge on any atom is 0.338 e. The highest BCUT2D eigenvalue weighted by Crippen LogP contribution is 2.32. The van der Waals surface area contributed by atoms with Crippen LogP contribution in [-0.2, 0) is 0 Å². The van der Waals surface area contributed by atoms with Crippen LogP contribution in [-0.4, -0.2) is 17.0 Å². The number of carbonyl (C=O) groups excluding carboxylic acids is 1. The highest BCUT2D eigenvalue weighted by atomic mass is 79.9. The molecule has 5 nitrogen and oxygen atoms in total. The quantitative estimate of drug-likeness (QED) is 0.811. The van der Waals surface area contributed by atoms with Crippen LogP contribution in [0.15, 0.2) is 37.8 Å². The van der Waals surface area contributed by atoms with Gasteiger partial charge in [-0.3, -0.25) is 4.79 Å². The van der Waals surface area contributed by atoms with Crippen molar-refractivity contribution in [2.75, 3.05) is 5.32 Å².